The van der Waals surface area contributed by atoms with Crippen molar-refractivity contribution in [3.05, 3.63) is 23.2 Å². The number of ether oxygens (including phenoxy) is 1. The van der Waals surface area contributed by atoms with Crippen LogP contribution in [0, 0.1) is 5.92 Å². The predicted molar refractivity (Wildman–Crippen MR) is 109 cm³/mol. The number of carbonyl (C=O) groups is 1. The number of nitrogens with one attached hydrogen (secondary N) is 3. The van der Waals surface area contributed by atoms with Gasteiger partial charge in [0, 0.05) is 50.2 Å². The fourth-order valence-corrected chi connectivity index (χ4v) is 3.42. The molecule has 0 bridgehead atoms. The topological polar surface area (TPSA) is 78.0 Å². The molecule has 1 aromatic carbocycles. The van der Waals surface area contributed by atoms with E-state index >= 15 is 0 Å². The van der Waals surface area contributed by atoms with E-state index in [9.17, 15) is 4.79 Å². The second-order valence-electron chi connectivity index (χ2n) is 6.96. The number of halogens is 1. The fraction of sp³-hybridized carbons (Fsp3) is 0.579. The zero-order chi connectivity index (χ0) is 19.2. The molecule has 0 spiro atoms. The normalized spacial score (nSPS) is 19.7. The van der Waals surface area contributed by atoms with Crippen LogP contribution in [0.1, 0.15) is 19.3 Å². The van der Waals surface area contributed by atoms with Crippen LogP contribution in [0.4, 0.5) is 5.69 Å². The van der Waals surface area contributed by atoms with Crippen molar-refractivity contribution in [1.29, 1.82) is 0 Å². The van der Waals surface area contributed by atoms with Crippen LogP contribution in [-0.4, -0.2) is 58.2 Å². The first-order chi connectivity index (χ1) is 13.1. The zero-order valence-electron chi connectivity index (χ0n) is 15.9. The van der Waals surface area contributed by atoms with Gasteiger partial charge in [0.1, 0.15) is 5.75 Å². The summed E-state index contributed by atoms with van der Waals surface area (Å²) in [4.78, 5) is 18.2. The minimum atomic E-state index is 0.168. The van der Waals surface area contributed by atoms with Crippen molar-refractivity contribution in [2.45, 2.75) is 25.3 Å². The van der Waals surface area contributed by atoms with Crippen molar-refractivity contribution in [2.75, 3.05) is 45.2 Å². The Morgan fingerprint density at radius 1 is 1.30 bits per heavy atom. The summed E-state index contributed by atoms with van der Waals surface area (Å²) in [6, 6.07) is 5.96. The summed E-state index contributed by atoms with van der Waals surface area (Å²) in [6.07, 6.45) is 3.05. The molecular weight excluding hydrogens is 366 g/mol. The van der Waals surface area contributed by atoms with Gasteiger partial charge in [0.05, 0.1) is 12.8 Å². The molecule has 1 saturated heterocycles. The van der Waals surface area contributed by atoms with E-state index in [4.69, 9.17) is 16.3 Å². The number of amides is 1. The Balaban J connectivity index is 1.45. The maximum Gasteiger partial charge on any atom is 0.223 e. The predicted octanol–water partition coefficient (Wildman–Crippen LogP) is 1.62. The summed E-state index contributed by atoms with van der Waals surface area (Å²) in [5.74, 6) is 1.99. The lowest BCUT2D eigenvalue weighted by atomic mass is 10.2. The first-order valence-corrected chi connectivity index (χ1v) is 9.82. The van der Waals surface area contributed by atoms with Crippen LogP contribution in [0.3, 0.4) is 0 Å². The maximum absolute atomic E-state index is 11.6. The van der Waals surface area contributed by atoms with Crippen LogP contribution < -0.4 is 25.6 Å². The largest absolute Gasteiger partial charge is 0.495 e. The summed E-state index contributed by atoms with van der Waals surface area (Å²) < 4.78 is 5.46. The number of guanidine groups is 1. The van der Waals surface area contributed by atoms with Crippen molar-refractivity contribution in [2.24, 2.45) is 10.9 Å². The molecule has 1 unspecified atom stereocenters. The van der Waals surface area contributed by atoms with E-state index in [2.05, 4.69) is 25.8 Å². The maximum atomic E-state index is 11.6. The monoisotopic (exact) mass is 393 g/mol. The van der Waals surface area contributed by atoms with Crippen molar-refractivity contribution < 1.29 is 9.53 Å². The molecule has 3 N–H and O–H groups in total. The quantitative estimate of drug-likeness (QED) is 0.373. The molecule has 0 radical (unpaired) electrons. The molecule has 1 aromatic rings. The van der Waals surface area contributed by atoms with Gasteiger partial charge in [-0.3, -0.25) is 9.79 Å². The van der Waals surface area contributed by atoms with E-state index in [0.717, 1.165) is 49.7 Å². The molecule has 1 aliphatic heterocycles. The summed E-state index contributed by atoms with van der Waals surface area (Å²) in [6.45, 7) is 3.02. The highest BCUT2D eigenvalue weighted by Gasteiger charge is 2.29. The van der Waals surface area contributed by atoms with Gasteiger partial charge in [0.15, 0.2) is 5.96 Å². The van der Waals surface area contributed by atoms with Gasteiger partial charge < -0.3 is 25.6 Å². The van der Waals surface area contributed by atoms with Gasteiger partial charge in [-0.15, -0.1) is 0 Å². The van der Waals surface area contributed by atoms with Crippen LogP contribution >= 0.6 is 11.6 Å². The first-order valence-electron chi connectivity index (χ1n) is 9.44. The first kappa shape index (κ1) is 19.6. The molecule has 1 amide bonds. The molecule has 2 fully saturated rings. The summed E-state index contributed by atoms with van der Waals surface area (Å²) >= 11 is 6.16. The van der Waals surface area contributed by atoms with E-state index in [1.54, 1.807) is 14.2 Å². The Labute approximate surface area is 165 Å². The fourth-order valence-electron chi connectivity index (χ4n) is 3.25. The average molecular weight is 394 g/mol. The number of nitrogens with zero attached hydrogens (tertiary/aromatic N) is 2. The summed E-state index contributed by atoms with van der Waals surface area (Å²) in [5, 5.41) is 10.4. The van der Waals surface area contributed by atoms with E-state index in [1.165, 1.54) is 0 Å². The molecular formula is C19H28ClN5O2. The van der Waals surface area contributed by atoms with Crippen LogP contribution in [0.2, 0.25) is 5.02 Å². The van der Waals surface area contributed by atoms with Gasteiger partial charge >= 0.3 is 0 Å². The number of benzene rings is 1. The minimum Gasteiger partial charge on any atom is -0.495 e. The van der Waals surface area contributed by atoms with Crippen molar-refractivity contribution in [3.8, 4) is 5.75 Å². The lowest BCUT2D eigenvalue weighted by Crippen LogP contribution is -2.46. The van der Waals surface area contributed by atoms with E-state index in [0.29, 0.717) is 18.1 Å². The number of hydrogen-bond donors (Lipinski definition) is 3. The van der Waals surface area contributed by atoms with Gasteiger partial charge in [-0.05, 0) is 37.5 Å². The number of hydrogen-bond acceptors (Lipinski definition) is 4. The Kier molecular flexibility index (Phi) is 6.66. The molecule has 1 saturated carbocycles. The minimum absolute atomic E-state index is 0.168. The summed E-state index contributed by atoms with van der Waals surface area (Å²) in [5.41, 5.74) is 1.01. The second kappa shape index (κ2) is 9.17. The Bertz CT molecular complexity index is 693. The smallest absolute Gasteiger partial charge is 0.223 e. The van der Waals surface area contributed by atoms with Crippen LogP contribution in [-0.2, 0) is 4.79 Å². The SMILES string of the molecule is CN=C(NCCNC(=O)C1CC1)NC1CCN(c2cc(Cl)ccc2OC)C1. The molecule has 148 valence electrons. The number of anilines is 1. The number of rotatable bonds is 7. The molecule has 1 aliphatic carbocycles. The summed E-state index contributed by atoms with van der Waals surface area (Å²) in [7, 11) is 3.43. The van der Waals surface area contributed by atoms with E-state index in [-0.39, 0.29) is 17.9 Å². The average Bonchev–Trinajstić information content (AvgIpc) is 3.43. The van der Waals surface area contributed by atoms with Crippen molar-refractivity contribution >= 4 is 29.2 Å². The molecule has 3 rings (SSSR count). The molecule has 27 heavy (non-hydrogen) atoms. The van der Waals surface area contributed by atoms with Crippen molar-refractivity contribution in [3.63, 3.8) is 0 Å². The molecule has 1 atom stereocenters. The Morgan fingerprint density at radius 2 is 2.07 bits per heavy atom. The van der Waals surface area contributed by atoms with Gasteiger partial charge in [-0.1, -0.05) is 11.6 Å². The number of aliphatic imine (C=N–C) groups is 1. The third kappa shape index (κ3) is 5.42. The molecule has 8 heteroatoms. The third-order valence-electron chi connectivity index (χ3n) is 4.90. The Morgan fingerprint density at radius 3 is 2.78 bits per heavy atom. The lowest BCUT2D eigenvalue weighted by molar-refractivity contribution is -0.122. The highest BCUT2D eigenvalue weighted by molar-refractivity contribution is 6.30. The molecule has 1 heterocycles. The highest BCUT2D eigenvalue weighted by atomic mass is 35.5. The van der Waals surface area contributed by atoms with Crippen LogP contribution in [0.5, 0.6) is 5.75 Å². The Hall–Kier alpha value is -2.15. The molecule has 7 nitrogen and oxygen atoms in total. The van der Waals surface area contributed by atoms with Gasteiger partial charge in [-0.2, -0.15) is 0 Å². The van der Waals surface area contributed by atoms with Crippen LogP contribution in [0.25, 0.3) is 0 Å². The lowest BCUT2D eigenvalue weighted by Gasteiger charge is -2.22. The van der Waals surface area contributed by atoms with Gasteiger partial charge in [-0.25, -0.2) is 0 Å². The zero-order valence-corrected chi connectivity index (χ0v) is 16.7. The van der Waals surface area contributed by atoms with E-state index in [1.807, 2.05) is 18.2 Å². The van der Waals surface area contributed by atoms with Gasteiger partial charge in [0.2, 0.25) is 5.91 Å². The second-order valence-corrected chi connectivity index (χ2v) is 7.39. The number of methoxy groups -OCH3 is 1. The third-order valence-corrected chi connectivity index (χ3v) is 5.13. The standard InChI is InChI=1S/C19H28ClN5O2/c1-21-19(23-9-8-22-18(26)13-3-4-13)24-15-7-10-25(12-15)16-11-14(20)5-6-17(16)27-2/h5-6,11,13,15H,3-4,7-10,12H2,1-2H3,(H,22,26)(H2,21,23,24). The molecule has 0 aromatic heterocycles. The van der Waals surface area contributed by atoms with Gasteiger partial charge in [0.25, 0.3) is 0 Å². The van der Waals surface area contributed by atoms with E-state index < -0.39 is 0 Å². The number of carbonyl (C=O) groups excluding carboxylic acids is 1. The van der Waals surface area contributed by atoms with Crippen molar-refractivity contribution in [1.82, 2.24) is 16.0 Å². The highest BCUT2D eigenvalue weighted by Crippen LogP contribution is 2.33. The van der Waals surface area contributed by atoms with Crippen LogP contribution in [0.15, 0.2) is 23.2 Å². The molecule has 2 aliphatic rings.